The summed E-state index contributed by atoms with van der Waals surface area (Å²) in [6.07, 6.45) is 0. The SMILES string of the molecule is CC1COCCN1Cc1cc([N+](=O)[O-])ccc1N. The molecule has 0 spiro atoms. The predicted molar refractivity (Wildman–Crippen MR) is 68.2 cm³/mol. The molecule has 2 rings (SSSR count). The molecule has 1 fully saturated rings. The third-order valence-electron chi connectivity index (χ3n) is 3.22. The first-order chi connectivity index (χ1) is 8.58. The molecular weight excluding hydrogens is 234 g/mol. The Morgan fingerprint density at radius 3 is 3.06 bits per heavy atom. The highest BCUT2D eigenvalue weighted by Gasteiger charge is 2.20. The van der Waals surface area contributed by atoms with Crippen molar-refractivity contribution in [2.24, 2.45) is 0 Å². The van der Waals surface area contributed by atoms with Gasteiger partial charge in [0.2, 0.25) is 0 Å². The van der Waals surface area contributed by atoms with E-state index in [0.717, 1.165) is 12.1 Å². The summed E-state index contributed by atoms with van der Waals surface area (Å²) in [7, 11) is 0. The van der Waals surface area contributed by atoms with Gasteiger partial charge in [-0.2, -0.15) is 0 Å². The smallest absolute Gasteiger partial charge is 0.269 e. The van der Waals surface area contributed by atoms with Gasteiger partial charge in [-0.15, -0.1) is 0 Å². The standard InChI is InChI=1S/C12H17N3O3/c1-9-8-18-5-4-14(9)7-10-6-11(15(16)17)2-3-12(10)13/h2-3,6,9H,4-5,7-8,13H2,1H3. The van der Waals surface area contributed by atoms with Crippen molar-refractivity contribution in [1.82, 2.24) is 4.90 Å². The summed E-state index contributed by atoms with van der Waals surface area (Å²) in [6, 6.07) is 4.88. The quantitative estimate of drug-likeness (QED) is 0.499. The third kappa shape index (κ3) is 2.77. The Kier molecular flexibility index (Phi) is 3.78. The van der Waals surface area contributed by atoms with Crippen molar-refractivity contribution in [3.63, 3.8) is 0 Å². The number of nitrogens with zero attached hydrogens (tertiary/aromatic N) is 2. The van der Waals surface area contributed by atoms with Crippen molar-refractivity contribution in [2.75, 3.05) is 25.5 Å². The second-order valence-corrected chi connectivity index (χ2v) is 4.53. The minimum absolute atomic E-state index is 0.0834. The Morgan fingerprint density at radius 1 is 1.61 bits per heavy atom. The van der Waals surface area contributed by atoms with E-state index in [1.54, 1.807) is 12.1 Å². The summed E-state index contributed by atoms with van der Waals surface area (Å²) in [6.45, 7) is 4.90. The number of ether oxygens (including phenoxy) is 1. The first-order valence-corrected chi connectivity index (χ1v) is 5.92. The van der Waals surface area contributed by atoms with Gasteiger partial charge < -0.3 is 10.5 Å². The summed E-state index contributed by atoms with van der Waals surface area (Å²) in [5.41, 5.74) is 7.36. The molecule has 0 bridgehead atoms. The molecule has 0 amide bonds. The molecule has 1 atom stereocenters. The molecule has 6 heteroatoms. The van der Waals surface area contributed by atoms with Gasteiger partial charge in [0, 0.05) is 37.0 Å². The molecule has 1 aromatic carbocycles. The zero-order valence-corrected chi connectivity index (χ0v) is 10.3. The molecule has 1 heterocycles. The van der Waals surface area contributed by atoms with Crippen molar-refractivity contribution in [1.29, 1.82) is 0 Å². The molecule has 1 aliphatic rings. The first-order valence-electron chi connectivity index (χ1n) is 5.92. The number of non-ortho nitro benzene ring substituents is 1. The lowest BCUT2D eigenvalue weighted by Crippen LogP contribution is -2.43. The third-order valence-corrected chi connectivity index (χ3v) is 3.22. The van der Waals surface area contributed by atoms with Gasteiger partial charge in [0.1, 0.15) is 0 Å². The van der Waals surface area contributed by atoms with E-state index < -0.39 is 4.92 Å². The molecule has 1 aliphatic heterocycles. The molecule has 1 saturated heterocycles. The minimum Gasteiger partial charge on any atom is -0.398 e. The van der Waals surface area contributed by atoms with Crippen molar-refractivity contribution in [2.45, 2.75) is 19.5 Å². The van der Waals surface area contributed by atoms with Crippen LogP contribution < -0.4 is 5.73 Å². The van der Waals surface area contributed by atoms with E-state index in [4.69, 9.17) is 10.5 Å². The topological polar surface area (TPSA) is 81.6 Å². The number of anilines is 1. The number of benzene rings is 1. The van der Waals surface area contributed by atoms with Crippen LogP contribution in [0.5, 0.6) is 0 Å². The molecule has 1 unspecified atom stereocenters. The molecule has 2 N–H and O–H groups in total. The lowest BCUT2D eigenvalue weighted by atomic mass is 10.1. The maximum atomic E-state index is 10.8. The van der Waals surface area contributed by atoms with Crippen molar-refractivity contribution in [3.05, 3.63) is 33.9 Å². The van der Waals surface area contributed by atoms with Crippen molar-refractivity contribution in [3.8, 4) is 0 Å². The Hall–Kier alpha value is -1.66. The minimum atomic E-state index is -0.397. The molecular formula is C12H17N3O3. The van der Waals surface area contributed by atoms with E-state index in [-0.39, 0.29) is 5.69 Å². The lowest BCUT2D eigenvalue weighted by Gasteiger charge is -2.33. The van der Waals surface area contributed by atoms with Gasteiger partial charge in [-0.25, -0.2) is 0 Å². The van der Waals surface area contributed by atoms with Crippen LogP contribution >= 0.6 is 0 Å². The average Bonchev–Trinajstić information content (AvgIpc) is 2.34. The van der Waals surface area contributed by atoms with Gasteiger partial charge in [0.15, 0.2) is 0 Å². The highest BCUT2D eigenvalue weighted by molar-refractivity contribution is 5.52. The molecule has 1 aromatic rings. The first kappa shape index (κ1) is 12.8. The van der Waals surface area contributed by atoms with Crippen LogP contribution in [0.15, 0.2) is 18.2 Å². The van der Waals surface area contributed by atoms with Gasteiger partial charge in [-0.1, -0.05) is 0 Å². The normalized spacial score (nSPS) is 20.8. The predicted octanol–water partition coefficient (Wildman–Crippen LogP) is 1.40. The Bertz CT molecular complexity index is 450. The molecule has 0 aromatic heterocycles. The van der Waals surface area contributed by atoms with E-state index >= 15 is 0 Å². The lowest BCUT2D eigenvalue weighted by molar-refractivity contribution is -0.384. The van der Waals surface area contributed by atoms with Crippen LogP contribution in [0.3, 0.4) is 0 Å². The van der Waals surface area contributed by atoms with Gasteiger partial charge in [0.05, 0.1) is 18.1 Å². The number of nitro benzene ring substituents is 1. The largest absolute Gasteiger partial charge is 0.398 e. The summed E-state index contributed by atoms with van der Waals surface area (Å²) in [5.74, 6) is 0. The summed E-state index contributed by atoms with van der Waals surface area (Å²) >= 11 is 0. The maximum absolute atomic E-state index is 10.8. The van der Waals surface area contributed by atoms with Crippen LogP contribution in [-0.4, -0.2) is 35.6 Å². The summed E-state index contributed by atoms with van der Waals surface area (Å²) in [5, 5.41) is 10.8. The second kappa shape index (κ2) is 5.32. The Labute approximate surface area is 105 Å². The summed E-state index contributed by atoms with van der Waals surface area (Å²) in [4.78, 5) is 12.6. The highest BCUT2D eigenvalue weighted by Crippen LogP contribution is 2.22. The van der Waals surface area contributed by atoms with Gasteiger partial charge in [-0.05, 0) is 18.6 Å². The van der Waals surface area contributed by atoms with Crippen LogP contribution in [0.1, 0.15) is 12.5 Å². The molecule has 98 valence electrons. The molecule has 0 radical (unpaired) electrons. The fraction of sp³-hybridized carbons (Fsp3) is 0.500. The van der Waals surface area contributed by atoms with E-state index in [9.17, 15) is 10.1 Å². The highest BCUT2D eigenvalue weighted by atomic mass is 16.6. The van der Waals surface area contributed by atoms with Crippen molar-refractivity contribution >= 4 is 11.4 Å². The number of hydrogen-bond donors (Lipinski definition) is 1. The number of nitro groups is 1. The van der Waals surface area contributed by atoms with Gasteiger partial charge in [-0.3, -0.25) is 15.0 Å². The van der Waals surface area contributed by atoms with Crippen LogP contribution in [0.4, 0.5) is 11.4 Å². The Balaban J connectivity index is 2.17. The molecule has 0 saturated carbocycles. The zero-order chi connectivity index (χ0) is 13.1. The van der Waals surface area contributed by atoms with E-state index in [1.807, 2.05) is 0 Å². The average molecular weight is 251 g/mol. The van der Waals surface area contributed by atoms with E-state index in [2.05, 4.69) is 11.8 Å². The molecule has 18 heavy (non-hydrogen) atoms. The maximum Gasteiger partial charge on any atom is 0.269 e. The van der Waals surface area contributed by atoms with Crippen LogP contribution in [0, 0.1) is 10.1 Å². The fourth-order valence-electron chi connectivity index (χ4n) is 2.06. The van der Waals surface area contributed by atoms with E-state index in [1.165, 1.54) is 6.07 Å². The van der Waals surface area contributed by atoms with Crippen LogP contribution in [0.25, 0.3) is 0 Å². The fourth-order valence-corrected chi connectivity index (χ4v) is 2.06. The number of morpholine rings is 1. The van der Waals surface area contributed by atoms with Crippen molar-refractivity contribution < 1.29 is 9.66 Å². The number of nitrogens with two attached hydrogens (primary N) is 1. The second-order valence-electron chi connectivity index (χ2n) is 4.53. The van der Waals surface area contributed by atoms with Gasteiger partial charge in [0.25, 0.3) is 5.69 Å². The monoisotopic (exact) mass is 251 g/mol. The summed E-state index contributed by atoms with van der Waals surface area (Å²) < 4.78 is 5.36. The molecule has 6 nitrogen and oxygen atoms in total. The number of hydrogen-bond acceptors (Lipinski definition) is 5. The van der Waals surface area contributed by atoms with Crippen LogP contribution in [0.2, 0.25) is 0 Å². The Morgan fingerprint density at radius 2 is 2.39 bits per heavy atom. The molecule has 0 aliphatic carbocycles. The van der Waals surface area contributed by atoms with E-state index in [0.29, 0.717) is 31.5 Å². The van der Waals surface area contributed by atoms with Crippen LogP contribution in [-0.2, 0) is 11.3 Å². The number of rotatable bonds is 3. The zero-order valence-electron chi connectivity index (χ0n) is 10.3. The number of nitrogen functional groups attached to an aromatic ring is 1. The van der Waals surface area contributed by atoms with Gasteiger partial charge >= 0.3 is 0 Å².